The molecule has 11 heteroatoms. The average molecular weight is 565 g/mol. The third-order valence-corrected chi connectivity index (χ3v) is 8.42. The van der Waals surface area contributed by atoms with Crippen LogP contribution in [0.4, 0.5) is 13.2 Å². The number of hydrogen-bond donors (Lipinski definition) is 1. The molecule has 0 unspecified atom stereocenters. The van der Waals surface area contributed by atoms with Crippen molar-refractivity contribution in [3.63, 3.8) is 0 Å². The highest BCUT2D eigenvalue weighted by Crippen LogP contribution is 2.36. The highest BCUT2D eigenvalue weighted by Gasteiger charge is 2.35. The van der Waals surface area contributed by atoms with Gasteiger partial charge in [0.2, 0.25) is 10.0 Å². The van der Waals surface area contributed by atoms with Crippen molar-refractivity contribution >= 4 is 32.5 Å². The first-order chi connectivity index (χ1) is 17.9. The zero-order valence-electron chi connectivity index (χ0n) is 20.5. The summed E-state index contributed by atoms with van der Waals surface area (Å²) in [5, 5.41) is 0.00360. The molecular formula is C27H24ClF3N2O4S. The average Bonchev–Trinajstić information content (AvgIpc) is 2.86. The molecule has 0 aliphatic carbocycles. The van der Waals surface area contributed by atoms with Crippen LogP contribution in [-0.2, 0) is 29.2 Å². The van der Waals surface area contributed by atoms with E-state index in [4.69, 9.17) is 16.3 Å². The van der Waals surface area contributed by atoms with Crippen molar-refractivity contribution < 1.29 is 26.3 Å². The van der Waals surface area contributed by atoms with Crippen LogP contribution in [0.25, 0.3) is 10.9 Å². The number of aromatic nitrogens is 1. The number of aromatic amines is 1. The van der Waals surface area contributed by atoms with Crippen LogP contribution in [0.5, 0.6) is 5.75 Å². The number of methoxy groups -OCH3 is 1. The molecule has 4 rings (SSSR count). The second-order valence-electron chi connectivity index (χ2n) is 8.73. The zero-order chi connectivity index (χ0) is 27.7. The van der Waals surface area contributed by atoms with Gasteiger partial charge in [-0.15, -0.1) is 0 Å². The molecule has 0 fully saturated rings. The van der Waals surface area contributed by atoms with Crippen molar-refractivity contribution in [3.8, 4) is 5.75 Å². The summed E-state index contributed by atoms with van der Waals surface area (Å²) >= 11 is 5.72. The van der Waals surface area contributed by atoms with E-state index in [1.807, 2.05) is 31.2 Å². The Balaban J connectivity index is 1.78. The van der Waals surface area contributed by atoms with Crippen LogP contribution in [0.1, 0.15) is 22.3 Å². The summed E-state index contributed by atoms with van der Waals surface area (Å²) in [6.45, 7) is 1.44. The fourth-order valence-corrected chi connectivity index (χ4v) is 5.79. The van der Waals surface area contributed by atoms with Gasteiger partial charge in [-0.05, 0) is 66.9 Å². The lowest BCUT2D eigenvalue weighted by Gasteiger charge is -2.23. The van der Waals surface area contributed by atoms with E-state index < -0.39 is 37.2 Å². The Labute approximate surface area is 222 Å². The Morgan fingerprint density at radius 1 is 1.00 bits per heavy atom. The third-order valence-electron chi connectivity index (χ3n) is 6.25. The molecule has 0 spiro atoms. The number of sulfonamides is 1. The van der Waals surface area contributed by atoms with Crippen molar-refractivity contribution in [2.24, 2.45) is 0 Å². The van der Waals surface area contributed by atoms with Crippen LogP contribution in [0.2, 0.25) is 5.02 Å². The van der Waals surface area contributed by atoms with Gasteiger partial charge < -0.3 is 9.72 Å². The molecule has 6 nitrogen and oxygen atoms in total. The number of ether oxygens (including phenoxy) is 1. The van der Waals surface area contributed by atoms with Gasteiger partial charge in [0.15, 0.2) is 0 Å². The summed E-state index contributed by atoms with van der Waals surface area (Å²) in [6, 6.07) is 16.4. The van der Waals surface area contributed by atoms with Gasteiger partial charge in [0.25, 0.3) is 5.56 Å². The monoisotopic (exact) mass is 564 g/mol. The quantitative estimate of drug-likeness (QED) is 0.287. The first-order valence-corrected chi connectivity index (χ1v) is 13.3. The van der Waals surface area contributed by atoms with Crippen LogP contribution in [0.3, 0.4) is 0 Å². The zero-order valence-corrected chi connectivity index (χ0v) is 22.0. The Morgan fingerprint density at radius 2 is 1.74 bits per heavy atom. The third kappa shape index (κ3) is 5.87. The molecule has 0 saturated heterocycles. The fraction of sp³-hybridized carbons (Fsp3) is 0.222. The largest absolute Gasteiger partial charge is 0.497 e. The van der Waals surface area contributed by atoms with Crippen molar-refractivity contribution in [3.05, 3.63) is 104 Å². The Bertz CT molecular complexity index is 1650. The number of nitrogens with zero attached hydrogens (tertiary/aromatic N) is 1. The predicted octanol–water partition coefficient (Wildman–Crippen LogP) is 5.95. The molecule has 0 bridgehead atoms. The number of nitrogens with one attached hydrogen (secondary N) is 1. The molecule has 1 N–H and O–H groups in total. The lowest BCUT2D eigenvalue weighted by molar-refractivity contribution is -0.137. The van der Waals surface area contributed by atoms with Crippen LogP contribution in [0, 0.1) is 6.92 Å². The number of aryl methyl sites for hydroxylation is 1. The predicted molar refractivity (Wildman–Crippen MR) is 140 cm³/mol. The van der Waals surface area contributed by atoms with Gasteiger partial charge in [0, 0.05) is 29.6 Å². The van der Waals surface area contributed by atoms with E-state index in [0.717, 1.165) is 27.6 Å². The highest BCUT2D eigenvalue weighted by molar-refractivity contribution is 7.89. The van der Waals surface area contributed by atoms with E-state index in [9.17, 15) is 26.4 Å². The molecule has 0 amide bonds. The molecule has 0 radical (unpaired) electrons. The van der Waals surface area contributed by atoms with E-state index in [1.165, 1.54) is 7.11 Å². The molecule has 0 saturated carbocycles. The molecular weight excluding hydrogens is 541 g/mol. The van der Waals surface area contributed by atoms with Crippen LogP contribution >= 0.6 is 11.6 Å². The number of halogens is 4. The van der Waals surface area contributed by atoms with Gasteiger partial charge in [-0.25, -0.2) is 8.42 Å². The second-order valence-corrected chi connectivity index (χ2v) is 11.1. The van der Waals surface area contributed by atoms with Gasteiger partial charge in [-0.1, -0.05) is 35.9 Å². The SMILES string of the molecule is COc1ccc2[nH]c(=O)c(CN(CCc3ccccc3C)S(=O)(=O)c3ccc(Cl)c(C(F)(F)F)c3)cc2c1. The lowest BCUT2D eigenvalue weighted by atomic mass is 10.1. The minimum Gasteiger partial charge on any atom is -0.497 e. The number of rotatable bonds is 8. The summed E-state index contributed by atoms with van der Waals surface area (Å²) < 4.78 is 74.1. The standard InChI is InChI=1S/C27H24ClF3N2O4S/c1-17-5-3-4-6-18(17)11-12-33(38(35,36)22-8-9-24(28)23(15-22)27(29,30)31)16-20-13-19-14-21(37-2)7-10-25(19)32-26(20)34/h3-10,13-15H,11-12,16H2,1-2H3,(H,32,34). The molecule has 38 heavy (non-hydrogen) atoms. The molecule has 3 aromatic carbocycles. The number of hydrogen-bond acceptors (Lipinski definition) is 4. The van der Waals surface area contributed by atoms with E-state index in [0.29, 0.717) is 22.7 Å². The number of H-pyrrole nitrogens is 1. The normalized spacial score (nSPS) is 12.3. The van der Waals surface area contributed by atoms with Gasteiger partial charge >= 0.3 is 6.18 Å². The van der Waals surface area contributed by atoms with Crippen molar-refractivity contribution in [2.45, 2.75) is 31.0 Å². The van der Waals surface area contributed by atoms with Gasteiger partial charge in [-0.2, -0.15) is 17.5 Å². The maximum Gasteiger partial charge on any atom is 0.417 e. The van der Waals surface area contributed by atoms with Crippen molar-refractivity contribution in [1.82, 2.24) is 9.29 Å². The van der Waals surface area contributed by atoms with Crippen LogP contribution in [-0.4, -0.2) is 31.4 Å². The number of pyridine rings is 1. The first-order valence-electron chi connectivity index (χ1n) is 11.5. The van der Waals surface area contributed by atoms with Crippen LogP contribution < -0.4 is 10.3 Å². The smallest absolute Gasteiger partial charge is 0.417 e. The van der Waals surface area contributed by atoms with Gasteiger partial charge in [0.1, 0.15) is 5.75 Å². The summed E-state index contributed by atoms with van der Waals surface area (Å²) in [5.74, 6) is 0.542. The van der Waals surface area contributed by atoms with E-state index in [1.54, 1.807) is 24.3 Å². The van der Waals surface area contributed by atoms with Gasteiger partial charge in [-0.3, -0.25) is 4.79 Å². The molecule has 0 aliphatic heterocycles. The Morgan fingerprint density at radius 3 is 2.42 bits per heavy atom. The molecule has 1 heterocycles. The summed E-state index contributed by atoms with van der Waals surface area (Å²) in [5.41, 5.74) is 0.703. The fourth-order valence-electron chi connectivity index (χ4n) is 4.12. The molecule has 0 atom stereocenters. The first kappa shape index (κ1) is 27.7. The number of alkyl halides is 3. The maximum atomic E-state index is 13.7. The van der Waals surface area contributed by atoms with Crippen molar-refractivity contribution in [1.29, 1.82) is 0 Å². The topological polar surface area (TPSA) is 79.5 Å². The molecule has 1 aromatic heterocycles. The summed E-state index contributed by atoms with van der Waals surface area (Å²) in [7, 11) is -2.97. The lowest BCUT2D eigenvalue weighted by Crippen LogP contribution is -2.34. The maximum absolute atomic E-state index is 13.7. The van der Waals surface area contributed by atoms with Crippen LogP contribution in [0.15, 0.2) is 76.4 Å². The van der Waals surface area contributed by atoms with E-state index in [2.05, 4.69) is 4.98 Å². The molecule has 0 aliphatic rings. The summed E-state index contributed by atoms with van der Waals surface area (Å²) in [6.07, 6.45) is -4.56. The highest BCUT2D eigenvalue weighted by atomic mass is 35.5. The van der Waals surface area contributed by atoms with E-state index >= 15 is 0 Å². The Hall–Kier alpha value is -3.34. The van der Waals surface area contributed by atoms with Crippen molar-refractivity contribution in [2.75, 3.05) is 13.7 Å². The number of benzene rings is 3. The number of fused-ring (bicyclic) bond motifs is 1. The second kappa shape index (κ2) is 10.8. The molecule has 4 aromatic rings. The summed E-state index contributed by atoms with van der Waals surface area (Å²) in [4.78, 5) is 15.0. The van der Waals surface area contributed by atoms with E-state index in [-0.39, 0.29) is 25.1 Å². The minimum atomic E-state index is -4.84. The Kier molecular flexibility index (Phi) is 7.87. The molecule has 200 valence electrons. The van der Waals surface area contributed by atoms with Gasteiger partial charge in [0.05, 0.1) is 22.6 Å². The minimum absolute atomic E-state index is 0.0766.